The standard InChI is InChI=1S/C26H25N5O5S2/c1-17-4-9-22(10-5-17)37(33,34)30-24-13-6-20(16-18(24)2)25(32)29-21-7-11-23(12-8-21)38(35,36)31-26-27-15-14-19(3)28-26/h4-16,30H,1-3H3,(H,29,32)(H,27,28,31). The van der Waals surface area contributed by atoms with Crippen molar-refractivity contribution in [1.29, 1.82) is 0 Å². The monoisotopic (exact) mass is 551 g/mol. The maximum absolute atomic E-state index is 12.8. The summed E-state index contributed by atoms with van der Waals surface area (Å²) in [5, 5.41) is 2.70. The molecular formula is C26H25N5O5S2. The highest BCUT2D eigenvalue weighted by Gasteiger charge is 2.18. The van der Waals surface area contributed by atoms with Gasteiger partial charge in [-0.15, -0.1) is 0 Å². The number of hydrogen-bond donors (Lipinski definition) is 3. The van der Waals surface area contributed by atoms with Crippen LogP contribution in [0, 0.1) is 20.8 Å². The first kappa shape index (κ1) is 26.8. The molecule has 1 aromatic heterocycles. The minimum absolute atomic E-state index is 0.0262. The Kier molecular flexibility index (Phi) is 7.46. The van der Waals surface area contributed by atoms with Gasteiger partial charge >= 0.3 is 0 Å². The van der Waals surface area contributed by atoms with Crippen LogP contribution in [0.4, 0.5) is 17.3 Å². The average Bonchev–Trinajstić information content (AvgIpc) is 2.85. The molecule has 3 aromatic carbocycles. The molecule has 196 valence electrons. The van der Waals surface area contributed by atoms with Crippen molar-refractivity contribution in [2.24, 2.45) is 0 Å². The number of sulfonamides is 2. The fourth-order valence-corrected chi connectivity index (χ4v) is 5.52. The van der Waals surface area contributed by atoms with Gasteiger partial charge in [0.25, 0.3) is 26.0 Å². The van der Waals surface area contributed by atoms with E-state index in [2.05, 4.69) is 24.7 Å². The van der Waals surface area contributed by atoms with Crippen LogP contribution in [0.1, 0.15) is 27.2 Å². The molecule has 0 saturated heterocycles. The Morgan fingerprint density at radius 3 is 1.95 bits per heavy atom. The second kappa shape index (κ2) is 10.6. The molecule has 0 bridgehead atoms. The minimum Gasteiger partial charge on any atom is -0.322 e. The molecule has 3 N–H and O–H groups in total. The van der Waals surface area contributed by atoms with Crippen LogP contribution in [0.25, 0.3) is 0 Å². The van der Waals surface area contributed by atoms with Crippen molar-refractivity contribution < 1.29 is 21.6 Å². The summed E-state index contributed by atoms with van der Waals surface area (Å²) in [6.45, 7) is 5.28. The van der Waals surface area contributed by atoms with Gasteiger partial charge in [0.05, 0.1) is 15.5 Å². The van der Waals surface area contributed by atoms with Crippen LogP contribution >= 0.6 is 0 Å². The number of benzene rings is 3. The fraction of sp³-hybridized carbons (Fsp3) is 0.115. The molecule has 0 aliphatic heterocycles. The highest BCUT2D eigenvalue weighted by atomic mass is 32.2. The Bertz CT molecular complexity index is 1700. The SMILES string of the molecule is Cc1ccc(S(=O)(=O)Nc2ccc(C(=O)Nc3ccc(S(=O)(=O)Nc4nccc(C)n4)cc3)cc2C)cc1. The van der Waals surface area contributed by atoms with E-state index >= 15 is 0 Å². The van der Waals surface area contributed by atoms with Crippen LogP contribution in [-0.2, 0) is 20.0 Å². The van der Waals surface area contributed by atoms with Crippen molar-refractivity contribution in [3.63, 3.8) is 0 Å². The number of aryl methyl sites for hydroxylation is 3. The van der Waals surface area contributed by atoms with E-state index in [1.165, 1.54) is 54.7 Å². The molecule has 1 heterocycles. The highest BCUT2D eigenvalue weighted by Crippen LogP contribution is 2.23. The molecule has 0 aliphatic carbocycles. The van der Waals surface area contributed by atoms with Crippen LogP contribution in [0.5, 0.6) is 0 Å². The third kappa shape index (κ3) is 6.33. The zero-order chi connectivity index (χ0) is 27.5. The van der Waals surface area contributed by atoms with E-state index in [4.69, 9.17) is 0 Å². The lowest BCUT2D eigenvalue weighted by Crippen LogP contribution is -2.16. The maximum Gasteiger partial charge on any atom is 0.264 e. The van der Waals surface area contributed by atoms with Crippen molar-refractivity contribution in [3.8, 4) is 0 Å². The number of amides is 1. The zero-order valence-corrected chi connectivity index (χ0v) is 22.4. The Morgan fingerprint density at radius 2 is 1.34 bits per heavy atom. The van der Waals surface area contributed by atoms with Gasteiger partial charge in [0.1, 0.15) is 0 Å². The quantitative estimate of drug-likeness (QED) is 0.296. The van der Waals surface area contributed by atoms with Crippen LogP contribution in [0.2, 0.25) is 0 Å². The van der Waals surface area contributed by atoms with Gasteiger partial charge < -0.3 is 5.32 Å². The van der Waals surface area contributed by atoms with Gasteiger partial charge in [-0.3, -0.25) is 9.52 Å². The first-order valence-corrected chi connectivity index (χ1v) is 14.3. The summed E-state index contributed by atoms with van der Waals surface area (Å²) in [7, 11) is -7.70. The second-order valence-electron chi connectivity index (χ2n) is 8.55. The zero-order valence-electron chi connectivity index (χ0n) is 20.8. The maximum atomic E-state index is 12.8. The minimum atomic E-state index is -3.92. The fourth-order valence-electron chi connectivity index (χ4n) is 3.44. The number of aromatic nitrogens is 2. The molecule has 38 heavy (non-hydrogen) atoms. The van der Waals surface area contributed by atoms with Gasteiger partial charge in [0, 0.05) is 23.1 Å². The van der Waals surface area contributed by atoms with Crippen molar-refractivity contribution in [2.45, 2.75) is 30.6 Å². The number of carbonyl (C=O) groups is 1. The van der Waals surface area contributed by atoms with Gasteiger partial charge in [-0.1, -0.05) is 17.7 Å². The third-order valence-corrected chi connectivity index (χ3v) is 8.23. The number of carbonyl (C=O) groups excluding carboxylic acids is 1. The number of anilines is 3. The van der Waals surface area contributed by atoms with Gasteiger partial charge in [-0.25, -0.2) is 31.5 Å². The molecule has 0 fully saturated rings. The van der Waals surface area contributed by atoms with Crippen molar-refractivity contribution in [3.05, 3.63) is 101 Å². The summed E-state index contributed by atoms with van der Waals surface area (Å²) in [6.07, 6.45) is 1.45. The summed E-state index contributed by atoms with van der Waals surface area (Å²) < 4.78 is 55.5. The number of nitrogens with zero attached hydrogens (tertiary/aromatic N) is 2. The summed E-state index contributed by atoms with van der Waals surface area (Å²) in [6, 6.07) is 18.3. The Balaban J connectivity index is 1.43. The van der Waals surface area contributed by atoms with E-state index in [-0.39, 0.29) is 15.7 Å². The van der Waals surface area contributed by atoms with Crippen molar-refractivity contribution in [1.82, 2.24) is 9.97 Å². The van der Waals surface area contributed by atoms with E-state index in [0.717, 1.165) is 5.56 Å². The Hall–Kier alpha value is -4.29. The summed E-state index contributed by atoms with van der Waals surface area (Å²) in [5.74, 6) is -0.481. The lowest BCUT2D eigenvalue weighted by atomic mass is 10.1. The van der Waals surface area contributed by atoms with E-state index in [1.807, 2.05) is 6.92 Å². The van der Waals surface area contributed by atoms with Gasteiger partial charge in [0.2, 0.25) is 5.95 Å². The molecule has 0 saturated carbocycles. The predicted molar refractivity (Wildman–Crippen MR) is 145 cm³/mol. The van der Waals surface area contributed by atoms with Crippen LogP contribution < -0.4 is 14.8 Å². The highest BCUT2D eigenvalue weighted by molar-refractivity contribution is 7.93. The number of rotatable bonds is 8. The van der Waals surface area contributed by atoms with E-state index in [1.54, 1.807) is 38.1 Å². The van der Waals surface area contributed by atoms with E-state index in [9.17, 15) is 21.6 Å². The average molecular weight is 552 g/mol. The Labute approximate surface area is 221 Å². The molecule has 1 amide bonds. The van der Waals surface area contributed by atoms with Gasteiger partial charge in [-0.2, -0.15) is 0 Å². The lowest BCUT2D eigenvalue weighted by Gasteiger charge is -2.13. The van der Waals surface area contributed by atoms with E-state index in [0.29, 0.717) is 28.2 Å². The predicted octanol–water partition coefficient (Wildman–Crippen LogP) is 4.26. The molecule has 0 spiro atoms. The van der Waals surface area contributed by atoms with E-state index < -0.39 is 26.0 Å². The van der Waals surface area contributed by atoms with Crippen LogP contribution in [0.15, 0.2) is 88.8 Å². The smallest absolute Gasteiger partial charge is 0.264 e. The molecule has 4 rings (SSSR count). The number of hydrogen-bond acceptors (Lipinski definition) is 7. The first-order chi connectivity index (χ1) is 17.9. The molecule has 0 atom stereocenters. The first-order valence-electron chi connectivity index (χ1n) is 11.4. The molecule has 0 radical (unpaired) electrons. The topological polar surface area (TPSA) is 147 Å². The summed E-state index contributed by atoms with van der Waals surface area (Å²) in [4.78, 5) is 20.8. The number of nitrogens with one attached hydrogen (secondary N) is 3. The van der Waals surface area contributed by atoms with Gasteiger partial charge in [-0.05, 0) is 87.0 Å². The van der Waals surface area contributed by atoms with Crippen molar-refractivity contribution in [2.75, 3.05) is 14.8 Å². The second-order valence-corrected chi connectivity index (χ2v) is 11.9. The third-order valence-electron chi connectivity index (χ3n) is 5.51. The summed E-state index contributed by atoms with van der Waals surface area (Å²) >= 11 is 0. The molecule has 12 heteroatoms. The molecule has 0 aliphatic rings. The Morgan fingerprint density at radius 1 is 0.737 bits per heavy atom. The summed E-state index contributed by atoms with van der Waals surface area (Å²) in [5.41, 5.74) is 3.14. The molecule has 10 nitrogen and oxygen atoms in total. The molecule has 0 unspecified atom stereocenters. The normalized spacial score (nSPS) is 11.6. The lowest BCUT2D eigenvalue weighted by molar-refractivity contribution is 0.102. The molecule has 4 aromatic rings. The van der Waals surface area contributed by atoms with Gasteiger partial charge in [0.15, 0.2) is 0 Å². The van der Waals surface area contributed by atoms with Crippen molar-refractivity contribution >= 4 is 43.3 Å². The molecular weight excluding hydrogens is 526 g/mol. The largest absolute Gasteiger partial charge is 0.322 e. The van der Waals surface area contributed by atoms with Crippen LogP contribution in [0.3, 0.4) is 0 Å². The van der Waals surface area contributed by atoms with Crippen LogP contribution in [-0.4, -0.2) is 32.7 Å².